The molecule has 0 aromatic heterocycles. The molecular weight excluding hydrogens is 320 g/mol. The molecule has 0 fully saturated rings. The number of carbonyl (C=O) groups is 1. The molecule has 0 bridgehead atoms. The van der Waals surface area contributed by atoms with Gasteiger partial charge in [-0.1, -0.05) is 81.1 Å². The van der Waals surface area contributed by atoms with Gasteiger partial charge < -0.3 is 4.74 Å². The van der Waals surface area contributed by atoms with E-state index >= 15 is 0 Å². The van der Waals surface area contributed by atoms with Crippen LogP contribution in [0.5, 0.6) is 0 Å². The predicted octanol–water partition coefficient (Wildman–Crippen LogP) is 5.84. The maximum Gasteiger partial charge on any atom is 0.334 e. The first-order chi connectivity index (χ1) is 12.5. The van der Waals surface area contributed by atoms with Crippen LogP contribution in [0.15, 0.2) is 72.8 Å². The number of benzene rings is 3. The highest BCUT2D eigenvalue weighted by Crippen LogP contribution is 2.52. The topological polar surface area (TPSA) is 26.3 Å². The molecule has 26 heavy (non-hydrogen) atoms. The Hall–Kier alpha value is -2.87. The Morgan fingerprint density at radius 2 is 1.54 bits per heavy atom. The van der Waals surface area contributed by atoms with E-state index in [0.717, 1.165) is 27.5 Å². The molecule has 130 valence electrons. The normalized spacial score (nSPS) is 17.8. The van der Waals surface area contributed by atoms with Crippen molar-refractivity contribution in [3.8, 4) is 11.1 Å². The highest BCUT2D eigenvalue weighted by Gasteiger charge is 2.47. The molecule has 0 aliphatic heterocycles. The molecule has 2 heteroatoms. The second-order valence-corrected chi connectivity index (χ2v) is 7.32. The molecule has 3 aromatic carbocycles. The standard InChI is InChI=1S/C24H22O2/c1-15(2)23(25)26-24(16(3)4)20-13-6-5-11-18(20)19-12-7-9-17-10-8-14-21(24)22(17)19/h5-14,16H,1H2,2-4H3. The van der Waals surface area contributed by atoms with E-state index in [1.165, 1.54) is 5.56 Å². The van der Waals surface area contributed by atoms with E-state index in [0.29, 0.717) is 5.57 Å². The van der Waals surface area contributed by atoms with Gasteiger partial charge in [-0.25, -0.2) is 4.79 Å². The number of carbonyl (C=O) groups excluding carboxylic acids is 1. The summed E-state index contributed by atoms with van der Waals surface area (Å²) in [5, 5.41) is 2.32. The largest absolute Gasteiger partial charge is 0.446 e. The van der Waals surface area contributed by atoms with Crippen molar-refractivity contribution < 1.29 is 9.53 Å². The number of esters is 1. The van der Waals surface area contributed by atoms with Gasteiger partial charge in [0.2, 0.25) is 0 Å². The van der Waals surface area contributed by atoms with Gasteiger partial charge in [0, 0.05) is 22.6 Å². The SMILES string of the molecule is C=C(C)C(=O)OC1(C(C)C)c2ccccc2-c2cccc3cccc1c23. The minimum atomic E-state index is -0.833. The van der Waals surface area contributed by atoms with Crippen molar-refractivity contribution in [1.29, 1.82) is 0 Å². The van der Waals surface area contributed by atoms with Crippen molar-refractivity contribution in [1.82, 2.24) is 0 Å². The Labute approximate surface area is 154 Å². The van der Waals surface area contributed by atoms with Gasteiger partial charge in [0.05, 0.1) is 0 Å². The number of ether oxygens (including phenoxy) is 1. The lowest BCUT2D eigenvalue weighted by Gasteiger charge is -2.43. The van der Waals surface area contributed by atoms with Gasteiger partial charge >= 0.3 is 5.97 Å². The van der Waals surface area contributed by atoms with Gasteiger partial charge in [-0.15, -0.1) is 0 Å². The monoisotopic (exact) mass is 342 g/mol. The van der Waals surface area contributed by atoms with Crippen LogP contribution in [-0.2, 0) is 15.1 Å². The summed E-state index contributed by atoms with van der Waals surface area (Å²) in [6.45, 7) is 9.69. The minimum absolute atomic E-state index is 0.0610. The van der Waals surface area contributed by atoms with Gasteiger partial charge in [0.1, 0.15) is 0 Å². The smallest absolute Gasteiger partial charge is 0.334 e. The van der Waals surface area contributed by atoms with Crippen LogP contribution in [0.4, 0.5) is 0 Å². The molecule has 1 aliphatic carbocycles. The highest BCUT2D eigenvalue weighted by atomic mass is 16.6. The second-order valence-electron chi connectivity index (χ2n) is 7.32. The molecule has 1 atom stereocenters. The fourth-order valence-corrected chi connectivity index (χ4v) is 4.15. The van der Waals surface area contributed by atoms with Gasteiger partial charge in [0.15, 0.2) is 5.60 Å². The Balaban J connectivity index is 2.16. The third-order valence-electron chi connectivity index (χ3n) is 5.34. The first kappa shape index (κ1) is 16.6. The van der Waals surface area contributed by atoms with Crippen molar-refractivity contribution in [3.63, 3.8) is 0 Å². The van der Waals surface area contributed by atoms with Crippen molar-refractivity contribution in [2.75, 3.05) is 0 Å². The fraction of sp³-hybridized carbons (Fsp3) is 0.208. The summed E-state index contributed by atoms with van der Waals surface area (Å²) < 4.78 is 6.24. The van der Waals surface area contributed by atoms with Crippen LogP contribution in [0.3, 0.4) is 0 Å². The van der Waals surface area contributed by atoms with E-state index < -0.39 is 5.60 Å². The lowest BCUT2D eigenvalue weighted by atomic mass is 9.69. The Morgan fingerprint density at radius 1 is 0.923 bits per heavy atom. The summed E-state index contributed by atoms with van der Waals surface area (Å²) in [6.07, 6.45) is 0. The lowest BCUT2D eigenvalue weighted by Crippen LogP contribution is -2.41. The van der Waals surface area contributed by atoms with Crippen LogP contribution in [0, 0.1) is 5.92 Å². The predicted molar refractivity (Wildman–Crippen MR) is 106 cm³/mol. The van der Waals surface area contributed by atoms with Crippen LogP contribution in [0.2, 0.25) is 0 Å². The summed E-state index contributed by atoms with van der Waals surface area (Å²) in [5.41, 5.74) is 3.98. The molecule has 0 heterocycles. The molecule has 0 spiro atoms. The summed E-state index contributed by atoms with van der Waals surface area (Å²) >= 11 is 0. The zero-order valence-electron chi connectivity index (χ0n) is 15.4. The van der Waals surface area contributed by atoms with Crippen LogP contribution in [0.25, 0.3) is 21.9 Å². The third kappa shape index (κ3) is 2.15. The van der Waals surface area contributed by atoms with Crippen molar-refractivity contribution in [3.05, 3.63) is 83.9 Å². The molecule has 4 rings (SSSR count). The van der Waals surface area contributed by atoms with Gasteiger partial charge in [-0.2, -0.15) is 0 Å². The van der Waals surface area contributed by atoms with Crippen LogP contribution in [-0.4, -0.2) is 5.97 Å². The average Bonchev–Trinajstić information content (AvgIpc) is 2.64. The Kier molecular flexibility index (Phi) is 3.73. The summed E-state index contributed by atoms with van der Waals surface area (Å²) in [5.74, 6) is -0.296. The Morgan fingerprint density at radius 3 is 2.23 bits per heavy atom. The van der Waals surface area contributed by atoms with E-state index in [4.69, 9.17) is 4.74 Å². The van der Waals surface area contributed by atoms with E-state index in [1.54, 1.807) is 6.92 Å². The third-order valence-corrected chi connectivity index (χ3v) is 5.34. The summed E-state index contributed by atoms with van der Waals surface area (Å²) in [6, 6.07) is 20.8. The van der Waals surface area contributed by atoms with Crippen LogP contribution in [0.1, 0.15) is 31.9 Å². The summed E-state index contributed by atoms with van der Waals surface area (Å²) in [7, 11) is 0. The zero-order valence-corrected chi connectivity index (χ0v) is 15.4. The molecule has 2 nitrogen and oxygen atoms in total. The number of rotatable bonds is 3. The van der Waals surface area contributed by atoms with E-state index in [1.807, 2.05) is 18.2 Å². The van der Waals surface area contributed by atoms with Crippen molar-refractivity contribution in [2.45, 2.75) is 26.4 Å². The maximum atomic E-state index is 12.6. The quantitative estimate of drug-likeness (QED) is 0.441. The van der Waals surface area contributed by atoms with Crippen LogP contribution < -0.4 is 0 Å². The number of fused-ring (bicyclic) bond motifs is 2. The maximum absolute atomic E-state index is 12.6. The molecule has 0 N–H and O–H groups in total. The van der Waals surface area contributed by atoms with Gasteiger partial charge in [0.25, 0.3) is 0 Å². The molecule has 1 unspecified atom stereocenters. The molecule has 0 saturated heterocycles. The van der Waals surface area contributed by atoms with Crippen LogP contribution >= 0.6 is 0 Å². The van der Waals surface area contributed by atoms with E-state index in [2.05, 4.69) is 62.9 Å². The zero-order chi connectivity index (χ0) is 18.5. The first-order valence-corrected chi connectivity index (χ1v) is 8.97. The molecule has 0 saturated carbocycles. The van der Waals surface area contributed by atoms with Gasteiger partial charge in [-0.3, -0.25) is 0 Å². The second kappa shape index (κ2) is 5.84. The Bertz CT molecular complexity index is 1040. The first-order valence-electron chi connectivity index (χ1n) is 8.97. The molecule has 3 aromatic rings. The molecule has 0 amide bonds. The number of hydrogen-bond donors (Lipinski definition) is 0. The number of hydrogen-bond acceptors (Lipinski definition) is 2. The fourth-order valence-electron chi connectivity index (χ4n) is 4.15. The summed E-state index contributed by atoms with van der Waals surface area (Å²) in [4.78, 5) is 12.6. The molecule has 1 aliphatic rings. The highest BCUT2D eigenvalue weighted by molar-refractivity contribution is 6.03. The van der Waals surface area contributed by atoms with Gasteiger partial charge in [-0.05, 0) is 28.8 Å². The lowest BCUT2D eigenvalue weighted by molar-refractivity contribution is -0.156. The minimum Gasteiger partial charge on any atom is -0.446 e. The van der Waals surface area contributed by atoms with Crippen molar-refractivity contribution >= 4 is 16.7 Å². The van der Waals surface area contributed by atoms with E-state index in [9.17, 15) is 4.79 Å². The average molecular weight is 342 g/mol. The van der Waals surface area contributed by atoms with Crippen molar-refractivity contribution in [2.24, 2.45) is 5.92 Å². The van der Waals surface area contributed by atoms with E-state index in [-0.39, 0.29) is 11.9 Å². The molecule has 0 radical (unpaired) electrons. The molecular formula is C24H22O2.